The van der Waals surface area contributed by atoms with Gasteiger partial charge in [-0.1, -0.05) is 23.7 Å². The fraction of sp³-hybridized carbons (Fsp3) is 0.579. The predicted octanol–water partition coefficient (Wildman–Crippen LogP) is 2.98. The van der Waals surface area contributed by atoms with E-state index in [1.165, 1.54) is 18.2 Å². The summed E-state index contributed by atoms with van der Waals surface area (Å²) in [5.41, 5.74) is 1.05. The van der Waals surface area contributed by atoms with Crippen LogP contribution in [0.2, 0.25) is 5.02 Å². The summed E-state index contributed by atoms with van der Waals surface area (Å²) in [5, 5.41) is 4.03. The number of hydrogen-bond acceptors (Lipinski definition) is 4. The number of piperazine rings is 1. The first-order valence-electron chi connectivity index (χ1n) is 9.26. The van der Waals surface area contributed by atoms with Crippen LogP contribution < -0.4 is 5.32 Å². The summed E-state index contributed by atoms with van der Waals surface area (Å²) in [4.78, 5) is 28.8. The van der Waals surface area contributed by atoms with Gasteiger partial charge in [0.15, 0.2) is 0 Å². The molecule has 5 nitrogen and oxygen atoms in total. The Morgan fingerprint density at radius 1 is 1.11 bits per heavy atom. The van der Waals surface area contributed by atoms with Gasteiger partial charge in [-0.15, -0.1) is 24.2 Å². The molecule has 1 unspecified atom stereocenters. The van der Waals surface area contributed by atoms with Crippen molar-refractivity contribution < 1.29 is 9.59 Å². The van der Waals surface area contributed by atoms with Crippen molar-refractivity contribution in [2.24, 2.45) is 0 Å². The molecule has 0 radical (unpaired) electrons. The van der Waals surface area contributed by atoms with E-state index in [4.69, 9.17) is 11.6 Å². The second-order valence-corrected chi connectivity index (χ2v) is 8.22. The molecule has 150 valence electrons. The van der Waals surface area contributed by atoms with Gasteiger partial charge in [-0.3, -0.25) is 9.59 Å². The Labute approximate surface area is 176 Å². The largest absolute Gasteiger partial charge is 0.342 e. The van der Waals surface area contributed by atoms with Crippen molar-refractivity contribution in [2.45, 2.75) is 25.3 Å². The molecule has 0 aliphatic carbocycles. The number of thioether (sulfide) groups is 1. The van der Waals surface area contributed by atoms with E-state index in [2.05, 4.69) is 5.32 Å². The molecule has 0 aromatic heterocycles. The van der Waals surface area contributed by atoms with Crippen LogP contribution in [0.1, 0.15) is 30.9 Å². The van der Waals surface area contributed by atoms with Gasteiger partial charge in [0.05, 0.1) is 17.5 Å². The van der Waals surface area contributed by atoms with E-state index in [9.17, 15) is 9.59 Å². The smallest absolute Gasteiger partial charge is 0.233 e. The Hall–Kier alpha value is -0.950. The molecule has 2 fully saturated rings. The van der Waals surface area contributed by atoms with E-state index < -0.39 is 0 Å². The number of amides is 2. The molecule has 0 spiro atoms. The van der Waals surface area contributed by atoms with Gasteiger partial charge in [0.1, 0.15) is 0 Å². The van der Waals surface area contributed by atoms with E-state index >= 15 is 0 Å². The van der Waals surface area contributed by atoms with E-state index in [1.807, 2.05) is 34.1 Å². The molecule has 1 atom stereocenters. The van der Waals surface area contributed by atoms with Crippen LogP contribution in [0, 0.1) is 0 Å². The summed E-state index contributed by atoms with van der Waals surface area (Å²) in [6.45, 7) is 3.92. The first-order chi connectivity index (χ1) is 12.6. The monoisotopic (exact) mass is 431 g/mol. The van der Waals surface area contributed by atoms with Gasteiger partial charge < -0.3 is 15.1 Å². The normalized spacial score (nSPS) is 20.1. The minimum Gasteiger partial charge on any atom is -0.342 e. The molecule has 2 aliphatic rings. The molecule has 0 saturated carbocycles. The van der Waals surface area contributed by atoms with Crippen LogP contribution in [0.25, 0.3) is 0 Å². The van der Waals surface area contributed by atoms with Crippen LogP contribution in [0.15, 0.2) is 24.3 Å². The number of likely N-dealkylation sites (tertiary alicyclic amines) is 1. The zero-order chi connectivity index (χ0) is 18.4. The molecule has 2 aliphatic heterocycles. The van der Waals surface area contributed by atoms with Crippen LogP contribution >= 0.6 is 35.8 Å². The van der Waals surface area contributed by atoms with Gasteiger partial charge in [-0.25, -0.2) is 0 Å². The van der Waals surface area contributed by atoms with E-state index in [1.54, 1.807) is 0 Å². The van der Waals surface area contributed by atoms with Crippen LogP contribution in [0.3, 0.4) is 0 Å². The Bertz CT molecular complexity index is 641. The molecule has 1 N–H and O–H groups in total. The minimum atomic E-state index is -0.00616. The highest BCUT2D eigenvalue weighted by Gasteiger charge is 2.28. The molecule has 8 heteroatoms. The van der Waals surface area contributed by atoms with Gasteiger partial charge >= 0.3 is 0 Å². The molecule has 2 heterocycles. The number of nitrogens with one attached hydrogen (secondary N) is 1. The van der Waals surface area contributed by atoms with Gasteiger partial charge in [-0.05, 0) is 37.0 Å². The number of hydrogen-bond donors (Lipinski definition) is 1. The molecule has 2 amide bonds. The summed E-state index contributed by atoms with van der Waals surface area (Å²) in [5.74, 6) is 0.984. The highest BCUT2D eigenvalue weighted by molar-refractivity contribution is 8.00. The summed E-state index contributed by atoms with van der Waals surface area (Å²) in [7, 11) is 0. The third kappa shape index (κ3) is 6.28. The van der Waals surface area contributed by atoms with Gasteiger partial charge in [0.2, 0.25) is 11.8 Å². The summed E-state index contributed by atoms with van der Waals surface area (Å²) < 4.78 is 0. The van der Waals surface area contributed by atoms with Crippen molar-refractivity contribution in [1.29, 1.82) is 0 Å². The van der Waals surface area contributed by atoms with Crippen molar-refractivity contribution in [3.63, 3.8) is 0 Å². The van der Waals surface area contributed by atoms with Crippen molar-refractivity contribution >= 4 is 47.6 Å². The van der Waals surface area contributed by atoms with Crippen LogP contribution in [-0.4, -0.2) is 65.8 Å². The number of nitrogens with zero attached hydrogens (tertiary/aromatic N) is 2. The second-order valence-electron chi connectivity index (χ2n) is 6.80. The molecular weight excluding hydrogens is 405 g/mol. The first kappa shape index (κ1) is 22.3. The Morgan fingerprint density at radius 3 is 2.59 bits per heavy atom. The lowest BCUT2D eigenvalue weighted by atomic mass is 10.0. The molecule has 0 bridgehead atoms. The third-order valence-corrected chi connectivity index (χ3v) is 6.09. The summed E-state index contributed by atoms with van der Waals surface area (Å²) in [6, 6.07) is 7.69. The lowest BCUT2D eigenvalue weighted by Gasteiger charge is -2.36. The maximum Gasteiger partial charge on any atom is 0.233 e. The molecular formula is C19H27Cl2N3O2S. The Balaban J connectivity index is 0.00000261. The first-order valence-corrected chi connectivity index (χ1v) is 10.8. The van der Waals surface area contributed by atoms with Crippen molar-refractivity contribution in [1.82, 2.24) is 15.1 Å². The highest BCUT2D eigenvalue weighted by atomic mass is 35.5. The summed E-state index contributed by atoms with van der Waals surface area (Å²) >= 11 is 7.54. The Morgan fingerprint density at radius 2 is 1.85 bits per heavy atom. The number of carbonyl (C=O) groups excluding carboxylic acids is 2. The lowest BCUT2D eigenvalue weighted by molar-refractivity contribution is -0.131. The third-order valence-electron chi connectivity index (χ3n) is 4.96. The van der Waals surface area contributed by atoms with Crippen LogP contribution in [-0.2, 0) is 9.59 Å². The molecule has 3 rings (SSSR count). The molecule has 27 heavy (non-hydrogen) atoms. The maximum absolute atomic E-state index is 12.7. The number of carbonyl (C=O) groups is 2. The molecule has 1 aromatic rings. The Kier molecular flexibility index (Phi) is 9.22. The van der Waals surface area contributed by atoms with Crippen LogP contribution in [0.4, 0.5) is 0 Å². The fourth-order valence-corrected chi connectivity index (χ4v) is 4.56. The van der Waals surface area contributed by atoms with Crippen molar-refractivity contribution in [2.75, 3.05) is 44.2 Å². The van der Waals surface area contributed by atoms with Gasteiger partial charge in [0, 0.05) is 37.7 Å². The summed E-state index contributed by atoms with van der Waals surface area (Å²) in [6.07, 6.45) is 3.40. The topological polar surface area (TPSA) is 52.7 Å². The average molecular weight is 432 g/mol. The SMILES string of the molecule is Cl.O=C(CSCC(=O)N1CCNCC1c1cccc(Cl)c1)N1CCCCC1. The molecule has 2 saturated heterocycles. The van der Waals surface area contributed by atoms with E-state index in [-0.39, 0.29) is 30.3 Å². The number of piperidine rings is 1. The number of halogens is 2. The van der Waals surface area contributed by atoms with Crippen molar-refractivity contribution in [3.8, 4) is 0 Å². The lowest BCUT2D eigenvalue weighted by Crippen LogP contribution is -2.49. The fourth-order valence-electron chi connectivity index (χ4n) is 3.56. The average Bonchev–Trinajstić information content (AvgIpc) is 2.68. The zero-order valence-corrected chi connectivity index (χ0v) is 17.8. The standard InChI is InChI=1S/C19H26ClN3O2S.ClH/c20-16-6-4-5-15(11-16)17-12-21-7-10-23(17)19(25)14-26-13-18(24)22-8-2-1-3-9-22;/h4-6,11,17,21H,1-3,7-10,12-14H2;1H. The maximum atomic E-state index is 12.7. The van der Waals surface area contributed by atoms with E-state index in [0.29, 0.717) is 23.1 Å². The minimum absolute atomic E-state index is 0. The number of benzene rings is 1. The predicted molar refractivity (Wildman–Crippen MR) is 114 cm³/mol. The van der Waals surface area contributed by atoms with E-state index in [0.717, 1.165) is 44.6 Å². The van der Waals surface area contributed by atoms with Crippen LogP contribution in [0.5, 0.6) is 0 Å². The number of rotatable bonds is 5. The highest BCUT2D eigenvalue weighted by Crippen LogP contribution is 2.25. The molecule has 1 aromatic carbocycles. The van der Waals surface area contributed by atoms with Crippen molar-refractivity contribution in [3.05, 3.63) is 34.9 Å². The quantitative estimate of drug-likeness (QED) is 0.778. The van der Waals surface area contributed by atoms with Gasteiger partial charge in [-0.2, -0.15) is 0 Å². The van der Waals surface area contributed by atoms with Gasteiger partial charge in [0.25, 0.3) is 0 Å². The second kappa shape index (κ2) is 11.1. The zero-order valence-electron chi connectivity index (χ0n) is 15.4.